The van der Waals surface area contributed by atoms with Gasteiger partial charge in [-0.15, -0.1) is 0 Å². The molecule has 0 atom stereocenters. The summed E-state index contributed by atoms with van der Waals surface area (Å²) >= 11 is 0. The van der Waals surface area contributed by atoms with E-state index in [2.05, 4.69) is 39.6 Å². The third-order valence-corrected chi connectivity index (χ3v) is 8.38. The Morgan fingerprint density at radius 3 is 1.50 bits per heavy atom. The molecule has 0 saturated carbocycles. The van der Waals surface area contributed by atoms with Gasteiger partial charge < -0.3 is 0 Å². The van der Waals surface area contributed by atoms with E-state index >= 15 is 0 Å². The molecule has 0 fully saturated rings. The molecule has 0 rings (SSSR count). The van der Waals surface area contributed by atoms with Crippen molar-refractivity contribution in [1.29, 1.82) is 0 Å². The van der Waals surface area contributed by atoms with Gasteiger partial charge in [0.2, 0.25) is 0 Å². The Balaban J connectivity index is 4.45. The second kappa shape index (κ2) is 8.48. The van der Waals surface area contributed by atoms with Crippen molar-refractivity contribution in [3.05, 3.63) is 11.9 Å². The number of allylic oxidation sites excluding steroid dienone is 1. The van der Waals surface area contributed by atoms with Crippen LogP contribution in [-0.4, -0.2) is 18.5 Å². The Kier molecular flexibility index (Phi) is 8.58. The van der Waals surface area contributed by atoms with Gasteiger partial charge in [-0.25, -0.2) is 0 Å². The minimum atomic E-state index is -0.997. The fraction of sp³-hybridized carbons (Fsp3) is 0.846. The van der Waals surface area contributed by atoms with Crippen molar-refractivity contribution in [1.82, 2.24) is 0 Å². The summed E-state index contributed by atoms with van der Waals surface area (Å²) in [5.41, 5.74) is 0. The van der Waals surface area contributed by atoms with Crippen LogP contribution >= 0.6 is 7.26 Å². The normalized spacial score (nSPS) is 13.7. The van der Waals surface area contributed by atoms with E-state index in [4.69, 9.17) is 0 Å². The zero-order valence-electron chi connectivity index (χ0n) is 10.6. The van der Waals surface area contributed by atoms with E-state index in [9.17, 15) is 0 Å². The van der Waals surface area contributed by atoms with Crippen molar-refractivity contribution in [3.8, 4) is 0 Å². The summed E-state index contributed by atoms with van der Waals surface area (Å²) < 4.78 is 0. The van der Waals surface area contributed by atoms with Crippen LogP contribution in [0.2, 0.25) is 0 Å². The van der Waals surface area contributed by atoms with Crippen LogP contribution in [0.1, 0.15) is 53.4 Å². The fourth-order valence-electron chi connectivity index (χ4n) is 2.49. The van der Waals surface area contributed by atoms with Gasteiger partial charge in [0.25, 0.3) is 0 Å². The molecular formula is C13H29P. The van der Waals surface area contributed by atoms with Crippen LogP contribution in [0.15, 0.2) is 11.9 Å². The van der Waals surface area contributed by atoms with Crippen molar-refractivity contribution in [2.45, 2.75) is 53.4 Å². The number of hydrogen-bond donors (Lipinski definition) is 0. The zero-order valence-corrected chi connectivity index (χ0v) is 11.6. The number of rotatable bonds is 8. The summed E-state index contributed by atoms with van der Waals surface area (Å²) in [5.74, 6) is 2.64. The van der Waals surface area contributed by atoms with Gasteiger partial charge >= 0.3 is 91.0 Å². The second-order valence-electron chi connectivity index (χ2n) is 4.42. The Hall–Kier alpha value is 0.170. The standard InChI is InChI=1S/C13H29P/c1-5-9-13-14(10-6-2,11-7-3)12-8-4/h9,13-14H,5-8,10-12H2,1-4H3. The van der Waals surface area contributed by atoms with Crippen molar-refractivity contribution in [2.75, 3.05) is 18.5 Å². The van der Waals surface area contributed by atoms with Gasteiger partial charge in [0.1, 0.15) is 0 Å². The molecule has 0 spiro atoms. The van der Waals surface area contributed by atoms with Crippen LogP contribution < -0.4 is 0 Å². The molecular weight excluding hydrogens is 187 g/mol. The van der Waals surface area contributed by atoms with Crippen molar-refractivity contribution in [2.24, 2.45) is 0 Å². The van der Waals surface area contributed by atoms with Gasteiger partial charge in [-0.1, -0.05) is 0 Å². The fourth-order valence-corrected chi connectivity index (χ4v) is 7.46. The third kappa shape index (κ3) is 5.15. The molecule has 86 valence electrons. The van der Waals surface area contributed by atoms with E-state index in [1.807, 2.05) is 0 Å². The van der Waals surface area contributed by atoms with E-state index in [1.165, 1.54) is 44.2 Å². The molecule has 0 radical (unpaired) electrons. The van der Waals surface area contributed by atoms with Gasteiger partial charge in [-0.2, -0.15) is 0 Å². The quantitative estimate of drug-likeness (QED) is 0.507. The molecule has 0 aliphatic carbocycles. The van der Waals surface area contributed by atoms with Crippen molar-refractivity contribution in [3.63, 3.8) is 0 Å². The molecule has 0 saturated heterocycles. The van der Waals surface area contributed by atoms with Gasteiger partial charge in [-0.05, 0) is 0 Å². The van der Waals surface area contributed by atoms with Crippen LogP contribution in [0.3, 0.4) is 0 Å². The molecule has 0 N–H and O–H groups in total. The molecule has 0 amide bonds. The SMILES string of the molecule is CCC=C[PH](CCC)(CCC)CCC. The molecule has 1 heteroatoms. The molecule has 0 nitrogen and oxygen atoms in total. The molecule has 14 heavy (non-hydrogen) atoms. The van der Waals surface area contributed by atoms with Crippen molar-refractivity contribution < 1.29 is 0 Å². The van der Waals surface area contributed by atoms with E-state index in [0.29, 0.717) is 0 Å². The van der Waals surface area contributed by atoms with Crippen LogP contribution in [0.25, 0.3) is 0 Å². The molecule has 0 aliphatic heterocycles. The Labute approximate surface area is 91.5 Å². The third-order valence-electron chi connectivity index (χ3n) is 2.95. The van der Waals surface area contributed by atoms with E-state index in [1.54, 1.807) is 0 Å². The van der Waals surface area contributed by atoms with Crippen molar-refractivity contribution >= 4 is 7.26 Å². The first-order valence-electron chi connectivity index (χ1n) is 6.42. The maximum atomic E-state index is 2.64. The molecule has 0 bridgehead atoms. The van der Waals surface area contributed by atoms with Crippen LogP contribution in [0.4, 0.5) is 0 Å². The zero-order chi connectivity index (χ0) is 10.9. The Morgan fingerprint density at radius 2 is 1.21 bits per heavy atom. The predicted molar refractivity (Wildman–Crippen MR) is 73.2 cm³/mol. The van der Waals surface area contributed by atoms with Gasteiger partial charge in [0.05, 0.1) is 0 Å². The topological polar surface area (TPSA) is 0 Å². The summed E-state index contributed by atoms with van der Waals surface area (Å²) in [4.78, 5) is 0. The Morgan fingerprint density at radius 1 is 0.786 bits per heavy atom. The first kappa shape index (κ1) is 14.2. The van der Waals surface area contributed by atoms with Crippen LogP contribution in [0, 0.1) is 0 Å². The monoisotopic (exact) mass is 216 g/mol. The first-order chi connectivity index (χ1) is 6.74. The van der Waals surface area contributed by atoms with Gasteiger partial charge in [0.15, 0.2) is 0 Å². The molecule has 0 aromatic carbocycles. The van der Waals surface area contributed by atoms with E-state index in [-0.39, 0.29) is 0 Å². The average Bonchev–Trinajstić information content (AvgIpc) is 2.16. The average molecular weight is 216 g/mol. The maximum absolute atomic E-state index is 2.64. The minimum absolute atomic E-state index is 0.997. The van der Waals surface area contributed by atoms with E-state index < -0.39 is 7.26 Å². The predicted octanol–water partition coefficient (Wildman–Crippen LogP) is 4.89. The molecule has 0 aromatic rings. The first-order valence-corrected chi connectivity index (χ1v) is 9.12. The van der Waals surface area contributed by atoms with Crippen LogP contribution in [0.5, 0.6) is 0 Å². The second-order valence-corrected chi connectivity index (χ2v) is 8.98. The molecule has 0 unspecified atom stereocenters. The molecule has 0 heterocycles. The summed E-state index contributed by atoms with van der Waals surface area (Å²) in [6.45, 7) is 9.27. The van der Waals surface area contributed by atoms with Gasteiger partial charge in [0, 0.05) is 0 Å². The summed E-state index contributed by atoms with van der Waals surface area (Å²) in [6, 6.07) is 0. The van der Waals surface area contributed by atoms with Crippen LogP contribution in [-0.2, 0) is 0 Å². The number of hydrogen-bond acceptors (Lipinski definition) is 0. The molecule has 0 aromatic heterocycles. The summed E-state index contributed by atoms with van der Waals surface area (Å²) in [5, 5.41) is 0. The van der Waals surface area contributed by atoms with E-state index in [0.717, 1.165) is 0 Å². The molecule has 0 aliphatic rings. The Bertz CT molecular complexity index is 132. The summed E-state index contributed by atoms with van der Waals surface area (Å²) in [6.07, 6.45) is 12.3. The summed E-state index contributed by atoms with van der Waals surface area (Å²) in [7, 11) is -0.997. The van der Waals surface area contributed by atoms with Gasteiger partial charge in [-0.3, -0.25) is 0 Å².